The second-order valence-corrected chi connectivity index (χ2v) is 5.87. The molecule has 0 saturated carbocycles. The summed E-state index contributed by atoms with van der Waals surface area (Å²) in [6, 6.07) is 1.63. The number of nitrogens with one attached hydrogen (secondary N) is 1. The van der Waals surface area contributed by atoms with Gasteiger partial charge in [-0.25, -0.2) is 0 Å². The number of nitrogen functional groups attached to an aromatic ring is 1. The van der Waals surface area contributed by atoms with E-state index in [4.69, 9.17) is 10.5 Å². The van der Waals surface area contributed by atoms with Gasteiger partial charge in [0, 0.05) is 6.20 Å². The van der Waals surface area contributed by atoms with Gasteiger partial charge in [-0.05, 0) is 12.3 Å². The third kappa shape index (κ3) is 2.22. The van der Waals surface area contributed by atoms with Crippen molar-refractivity contribution in [1.29, 1.82) is 0 Å². The Morgan fingerprint density at radius 2 is 2.38 bits per heavy atom. The molecule has 8 nitrogen and oxygen atoms in total. The van der Waals surface area contributed by atoms with Gasteiger partial charge >= 0.3 is 0 Å². The molecule has 0 unspecified atom stereocenters. The van der Waals surface area contributed by atoms with Gasteiger partial charge in [-0.1, -0.05) is 0 Å². The van der Waals surface area contributed by atoms with Crippen LogP contribution in [0.3, 0.4) is 0 Å². The lowest BCUT2D eigenvalue weighted by Crippen LogP contribution is -2.31. The van der Waals surface area contributed by atoms with Gasteiger partial charge in [0.05, 0.1) is 23.3 Å². The number of hydrogen-bond acceptors (Lipinski definition) is 7. The Hall–Kier alpha value is -1.55. The van der Waals surface area contributed by atoms with Crippen molar-refractivity contribution in [2.45, 2.75) is 23.7 Å². The number of nitrogens with two attached hydrogens (primary N) is 1. The summed E-state index contributed by atoms with van der Waals surface area (Å²) in [5.74, 6) is 0.0189. The summed E-state index contributed by atoms with van der Waals surface area (Å²) in [7, 11) is 0. The highest BCUT2D eigenvalue weighted by Crippen LogP contribution is 2.37. The van der Waals surface area contributed by atoms with Crippen molar-refractivity contribution >= 4 is 28.7 Å². The van der Waals surface area contributed by atoms with Crippen molar-refractivity contribution in [3.8, 4) is 0 Å². The van der Waals surface area contributed by atoms with Gasteiger partial charge < -0.3 is 25.3 Å². The molecule has 1 fully saturated rings. The number of H-pyrrole nitrogens is 1. The summed E-state index contributed by atoms with van der Waals surface area (Å²) in [6.45, 7) is -0.274. The number of hydrogen-bond donors (Lipinski definition) is 4. The molecule has 0 aliphatic carbocycles. The third-order valence-corrected chi connectivity index (χ3v) is 4.69. The molecule has 21 heavy (non-hydrogen) atoms. The fourth-order valence-corrected chi connectivity index (χ4v) is 3.50. The molecule has 0 radical (unpaired) electrons. The van der Waals surface area contributed by atoms with E-state index in [9.17, 15) is 15.0 Å². The topological polar surface area (TPSA) is 126 Å². The molecule has 1 aliphatic heterocycles. The molecule has 114 valence electrons. The Bertz CT molecular complexity index is 715. The largest absolute Gasteiger partial charge is 0.394 e. The van der Waals surface area contributed by atoms with Crippen LogP contribution in [-0.4, -0.2) is 55.1 Å². The number of aliphatic hydroxyl groups excluding tert-OH is 2. The molecular weight excluding hydrogens is 296 g/mol. The van der Waals surface area contributed by atoms with Crippen molar-refractivity contribution in [1.82, 2.24) is 14.5 Å². The predicted octanol–water partition coefficient (Wildman–Crippen LogP) is -0.711. The zero-order valence-corrected chi connectivity index (χ0v) is 12.1. The highest BCUT2D eigenvalue weighted by molar-refractivity contribution is 7.99. The first-order chi connectivity index (χ1) is 10.1. The Balaban J connectivity index is 2.10. The molecular formula is C12H16N4O4S. The summed E-state index contributed by atoms with van der Waals surface area (Å²) in [4.78, 5) is 18.4. The zero-order chi connectivity index (χ0) is 15.1. The van der Waals surface area contributed by atoms with Crippen LogP contribution in [0.15, 0.2) is 17.1 Å². The van der Waals surface area contributed by atoms with Gasteiger partial charge in [0.15, 0.2) is 5.65 Å². The average Bonchev–Trinajstić information content (AvgIpc) is 2.99. The summed E-state index contributed by atoms with van der Waals surface area (Å²) >= 11 is 1.43. The van der Waals surface area contributed by atoms with Crippen LogP contribution in [0.5, 0.6) is 0 Å². The average molecular weight is 312 g/mol. The van der Waals surface area contributed by atoms with Gasteiger partial charge in [0.1, 0.15) is 12.3 Å². The maximum atomic E-state index is 11.8. The molecule has 2 aromatic heterocycles. The quantitative estimate of drug-likeness (QED) is 0.589. The first-order valence-electron chi connectivity index (χ1n) is 6.40. The Labute approximate surface area is 123 Å². The molecule has 2 aromatic rings. The molecule has 9 heteroatoms. The fourth-order valence-electron chi connectivity index (χ4n) is 2.61. The van der Waals surface area contributed by atoms with Crippen molar-refractivity contribution < 1.29 is 14.9 Å². The summed E-state index contributed by atoms with van der Waals surface area (Å²) in [5, 5.41) is 19.6. The Morgan fingerprint density at radius 3 is 3.05 bits per heavy atom. The second-order valence-electron chi connectivity index (χ2n) is 4.85. The van der Waals surface area contributed by atoms with Crippen molar-refractivity contribution in [3.05, 3.63) is 22.6 Å². The van der Waals surface area contributed by atoms with Gasteiger partial charge in [-0.15, -0.1) is 0 Å². The van der Waals surface area contributed by atoms with Crippen molar-refractivity contribution in [2.75, 3.05) is 18.6 Å². The fraction of sp³-hybridized carbons (Fsp3) is 0.500. The first kappa shape index (κ1) is 14.4. The number of aromatic amines is 1. The molecule has 0 amide bonds. The van der Waals surface area contributed by atoms with E-state index in [0.717, 1.165) is 0 Å². The zero-order valence-electron chi connectivity index (χ0n) is 11.3. The van der Waals surface area contributed by atoms with Gasteiger partial charge in [0.2, 0.25) is 5.95 Å². The summed E-state index contributed by atoms with van der Waals surface area (Å²) in [6.07, 6.45) is 1.53. The molecule has 0 bridgehead atoms. The first-order valence-corrected chi connectivity index (χ1v) is 7.69. The molecule has 4 atom stereocenters. The number of aromatic nitrogens is 3. The number of aliphatic hydroxyl groups is 2. The van der Waals surface area contributed by atoms with Crippen LogP contribution in [0.2, 0.25) is 0 Å². The lowest BCUT2D eigenvalue weighted by molar-refractivity contribution is -0.0428. The SMILES string of the molecule is CS[C@H]1[C@H](O)[C@@H](CO)O[C@H]1n1ccc2c(=O)[nH]c(N)nc21. The van der Waals surface area contributed by atoms with Gasteiger partial charge in [-0.2, -0.15) is 16.7 Å². The number of ether oxygens (including phenoxy) is 1. The van der Waals surface area contributed by atoms with Crippen LogP contribution in [0.1, 0.15) is 6.23 Å². The maximum absolute atomic E-state index is 11.8. The monoisotopic (exact) mass is 312 g/mol. The molecule has 5 N–H and O–H groups in total. The normalized spacial score (nSPS) is 29.3. The molecule has 3 rings (SSSR count). The highest BCUT2D eigenvalue weighted by Gasteiger charge is 2.44. The van der Waals surface area contributed by atoms with E-state index < -0.39 is 18.4 Å². The minimum Gasteiger partial charge on any atom is -0.394 e. The predicted molar refractivity (Wildman–Crippen MR) is 79.1 cm³/mol. The van der Waals surface area contributed by atoms with Crippen LogP contribution in [0.4, 0.5) is 5.95 Å². The van der Waals surface area contributed by atoms with E-state index >= 15 is 0 Å². The van der Waals surface area contributed by atoms with E-state index in [1.807, 2.05) is 6.26 Å². The molecule has 1 aliphatic rings. The maximum Gasteiger partial charge on any atom is 0.261 e. The minimum absolute atomic E-state index is 0.0189. The number of nitrogens with zero attached hydrogens (tertiary/aromatic N) is 2. The number of rotatable bonds is 3. The lowest BCUT2D eigenvalue weighted by atomic mass is 10.2. The summed E-state index contributed by atoms with van der Waals surface area (Å²) in [5.41, 5.74) is 5.65. The van der Waals surface area contributed by atoms with Crippen LogP contribution in [-0.2, 0) is 4.74 Å². The van der Waals surface area contributed by atoms with E-state index in [1.165, 1.54) is 11.8 Å². The third-order valence-electron chi connectivity index (χ3n) is 3.64. The van der Waals surface area contributed by atoms with E-state index in [2.05, 4.69) is 9.97 Å². The van der Waals surface area contributed by atoms with Crippen LogP contribution >= 0.6 is 11.8 Å². The molecule has 0 spiro atoms. The Morgan fingerprint density at radius 1 is 1.62 bits per heavy atom. The van der Waals surface area contributed by atoms with Crippen LogP contribution < -0.4 is 11.3 Å². The smallest absolute Gasteiger partial charge is 0.261 e. The minimum atomic E-state index is -0.799. The van der Waals surface area contributed by atoms with Gasteiger partial charge in [0.25, 0.3) is 5.56 Å². The van der Waals surface area contributed by atoms with E-state index in [-0.39, 0.29) is 23.4 Å². The number of anilines is 1. The number of fused-ring (bicyclic) bond motifs is 1. The van der Waals surface area contributed by atoms with Crippen molar-refractivity contribution in [3.63, 3.8) is 0 Å². The standard InChI is InChI=1S/C12H16N4O4S/c1-21-8-7(18)6(4-17)20-11(8)16-3-2-5-9(16)14-12(13)15-10(5)19/h2-3,6-8,11,17-18H,4H2,1H3,(H3,13,14,15,19)/t6-,7-,8+,11-/m1/s1. The van der Waals surface area contributed by atoms with E-state index in [1.54, 1.807) is 16.8 Å². The van der Waals surface area contributed by atoms with Crippen molar-refractivity contribution in [2.24, 2.45) is 0 Å². The highest BCUT2D eigenvalue weighted by atomic mass is 32.2. The summed E-state index contributed by atoms with van der Waals surface area (Å²) < 4.78 is 7.38. The van der Waals surface area contributed by atoms with Crippen LogP contribution in [0.25, 0.3) is 11.0 Å². The molecule has 0 aromatic carbocycles. The Kier molecular flexibility index (Phi) is 3.66. The van der Waals surface area contributed by atoms with Gasteiger partial charge in [-0.3, -0.25) is 9.78 Å². The lowest BCUT2D eigenvalue weighted by Gasteiger charge is -2.20. The second kappa shape index (κ2) is 5.34. The molecule has 1 saturated heterocycles. The van der Waals surface area contributed by atoms with Crippen LogP contribution in [0, 0.1) is 0 Å². The van der Waals surface area contributed by atoms with E-state index in [0.29, 0.717) is 11.0 Å². The number of thioether (sulfide) groups is 1. The molecule has 3 heterocycles.